The number of methoxy groups -OCH3 is 2. The molecule has 0 aliphatic heterocycles. The zero-order valence-corrected chi connectivity index (χ0v) is 18.4. The number of hydrogen-bond donors (Lipinski definition) is 0. The quantitative estimate of drug-likeness (QED) is 0.483. The van der Waals surface area contributed by atoms with Gasteiger partial charge in [0.1, 0.15) is 11.5 Å². The highest BCUT2D eigenvalue weighted by Crippen LogP contribution is 2.43. The first-order valence-corrected chi connectivity index (χ1v) is 11.6. The summed E-state index contributed by atoms with van der Waals surface area (Å²) in [5.41, 5.74) is 3.85. The third-order valence-corrected chi connectivity index (χ3v) is 7.09. The maximum absolute atomic E-state index is 14.0. The van der Waals surface area contributed by atoms with Crippen LogP contribution in [0.2, 0.25) is 0 Å². The summed E-state index contributed by atoms with van der Waals surface area (Å²) in [5.74, 6) is 2.63. The Bertz CT molecular complexity index is 802. The van der Waals surface area contributed by atoms with Gasteiger partial charge in [0.05, 0.1) is 14.2 Å². The van der Waals surface area contributed by atoms with Gasteiger partial charge in [0.25, 0.3) is 0 Å². The molecule has 2 aliphatic rings. The Morgan fingerprint density at radius 2 is 1.07 bits per heavy atom. The third kappa shape index (κ3) is 4.12. The molecule has 0 saturated heterocycles. The van der Waals surface area contributed by atoms with Crippen LogP contribution in [-0.2, 0) is 0 Å². The maximum atomic E-state index is 14.0. The van der Waals surface area contributed by atoms with E-state index in [1.165, 1.54) is 38.5 Å². The highest BCUT2D eigenvalue weighted by Gasteiger charge is 2.29. The number of rotatable bonds is 6. The largest absolute Gasteiger partial charge is 0.496 e. The van der Waals surface area contributed by atoms with Crippen LogP contribution < -0.4 is 9.47 Å². The van der Waals surface area contributed by atoms with Gasteiger partial charge in [-0.25, -0.2) is 0 Å². The van der Waals surface area contributed by atoms with Crippen molar-refractivity contribution in [2.24, 2.45) is 0 Å². The predicted octanol–water partition coefficient (Wildman–Crippen LogP) is 7.03. The van der Waals surface area contributed by atoms with Crippen molar-refractivity contribution in [3.8, 4) is 11.5 Å². The van der Waals surface area contributed by atoms with Crippen molar-refractivity contribution in [3.63, 3.8) is 0 Å². The van der Waals surface area contributed by atoms with Crippen molar-refractivity contribution in [1.82, 2.24) is 0 Å². The normalized spacial score (nSPS) is 18.2. The minimum atomic E-state index is 0.119. The lowest BCUT2D eigenvalue weighted by Gasteiger charge is -2.28. The summed E-state index contributed by atoms with van der Waals surface area (Å²) in [7, 11) is 3.43. The summed E-state index contributed by atoms with van der Waals surface area (Å²) in [6.07, 6.45) is 12.0. The molecule has 0 N–H and O–H groups in total. The summed E-state index contributed by atoms with van der Waals surface area (Å²) < 4.78 is 11.5. The van der Waals surface area contributed by atoms with Gasteiger partial charge in [0.15, 0.2) is 5.78 Å². The lowest BCUT2D eigenvalue weighted by Crippen LogP contribution is -2.16. The number of ether oxygens (including phenoxy) is 2. The van der Waals surface area contributed by atoms with Crippen LogP contribution in [-0.4, -0.2) is 20.0 Å². The van der Waals surface area contributed by atoms with E-state index < -0.39 is 0 Å². The maximum Gasteiger partial charge on any atom is 0.193 e. The van der Waals surface area contributed by atoms with Crippen molar-refractivity contribution in [2.45, 2.75) is 76.0 Å². The molecule has 0 amide bonds. The molecule has 0 radical (unpaired) electrons. The van der Waals surface area contributed by atoms with Crippen LogP contribution in [0.15, 0.2) is 36.4 Å². The van der Waals surface area contributed by atoms with Gasteiger partial charge in [-0.3, -0.25) is 4.79 Å². The molecule has 2 aliphatic carbocycles. The number of hydrogen-bond acceptors (Lipinski definition) is 3. The zero-order chi connectivity index (χ0) is 20.9. The van der Waals surface area contributed by atoms with Crippen molar-refractivity contribution in [2.75, 3.05) is 14.2 Å². The summed E-state index contributed by atoms with van der Waals surface area (Å²) in [5, 5.41) is 0. The summed E-state index contributed by atoms with van der Waals surface area (Å²) in [6, 6.07) is 11.9. The van der Waals surface area contributed by atoms with Crippen molar-refractivity contribution in [1.29, 1.82) is 0 Å². The van der Waals surface area contributed by atoms with Gasteiger partial charge in [-0.1, -0.05) is 62.8 Å². The highest BCUT2D eigenvalue weighted by molar-refractivity contribution is 6.11. The van der Waals surface area contributed by atoms with Crippen LogP contribution in [0.3, 0.4) is 0 Å². The Morgan fingerprint density at radius 1 is 0.667 bits per heavy atom. The second kappa shape index (κ2) is 9.68. The van der Waals surface area contributed by atoms with Gasteiger partial charge in [-0.05, 0) is 49.7 Å². The average Bonchev–Trinajstić information content (AvgIpc) is 2.83. The fourth-order valence-corrected chi connectivity index (χ4v) is 5.61. The Morgan fingerprint density at radius 3 is 1.43 bits per heavy atom. The first-order valence-electron chi connectivity index (χ1n) is 11.6. The smallest absolute Gasteiger partial charge is 0.193 e. The summed E-state index contributed by atoms with van der Waals surface area (Å²) >= 11 is 0. The molecule has 2 fully saturated rings. The van der Waals surface area contributed by atoms with E-state index in [1.807, 2.05) is 36.4 Å². The van der Waals surface area contributed by atoms with E-state index in [0.29, 0.717) is 11.8 Å². The molecule has 2 saturated carbocycles. The standard InChI is InChI=1S/C27H34O3/c1-29-23-17-9-15-21(25(23)19-11-5-3-6-12-19)27(28)22-16-10-18-24(30-2)26(22)20-13-7-4-8-14-20/h9-10,15-20H,3-8,11-14H2,1-2H3. The first-order chi connectivity index (χ1) is 14.7. The van der Waals surface area contributed by atoms with Crippen LogP contribution in [0, 0.1) is 0 Å². The molecule has 3 heteroatoms. The Labute approximate surface area is 180 Å². The van der Waals surface area contributed by atoms with E-state index in [2.05, 4.69) is 0 Å². The molecule has 3 nitrogen and oxygen atoms in total. The predicted molar refractivity (Wildman–Crippen MR) is 121 cm³/mol. The second-order valence-electron chi connectivity index (χ2n) is 8.84. The van der Waals surface area contributed by atoms with Crippen molar-refractivity contribution < 1.29 is 14.3 Å². The Kier molecular flexibility index (Phi) is 6.76. The van der Waals surface area contributed by atoms with Crippen LogP contribution in [0.5, 0.6) is 11.5 Å². The molecular formula is C27H34O3. The molecule has 0 spiro atoms. The van der Waals surface area contributed by atoms with Crippen LogP contribution in [0.25, 0.3) is 0 Å². The monoisotopic (exact) mass is 406 g/mol. The van der Waals surface area contributed by atoms with Crippen molar-refractivity contribution >= 4 is 5.78 Å². The van der Waals surface area contributed by atoms with E-state index in [-0.39, 0.29) is 5.78 Å². The molecule has 0 unspecified atom stereocenters. The Hall–Kier alpha value is -2.29. The summed E-state index contributed by atoms with van der Waals surface area (Å²) in [4.78, 5) is 14.0. The molecule has 2 aromatic rings. The van der Waals surface area contributed by atoms with E-state index in [1.54, 1.807) is 14.2 Å². The fraction of sp³-hybridized carbons (Fsp3) is 0.519. The number of ketones is 1. The highest BCUT2D eigenvalue weighted by atomic mass is 16.5. The fourth-order valence-electron chi connectivity index (χ4n) is 5.61. The van der Waals surface area contributed by atoms with Gasteiger partial charge >= 0.3 is 0 Å². The number of carbonyl (C=O) groups excluding carboxylic acids is 1. The lowest BCUT2D eigenvalue weighted by atomic mass is 9.77. The van der Waals surface area contributed by atoms with Gasteiger partial charge in [0, 0.05) is 22.3 Å². The van der Waals surface area contributed by atoms with E-state index >= 15 is 0 Å². The van der Waals surface area contributed by atoms with Gasteiger partial charge in [-0.15, -0.1) is 0 Å². The molecule has 30 heavy (non-hydrogen) atoms. The summed E-state index contributed by atoms with van der Waals surface area (Å²) in [6.45, 7) is 0. The van der Waals surface area contributed by atoms with E-state index in [4.69, 9.17) is 9.47 Å². The van der Waals surface area contributed by atoms with Gasteiger partial charge in [0.2, 0.25) is 0 Å². The van der Waals surface area contributed by atoms with Crippen molar-refractivity contribution in [3.05, 3.63) is 58.7 Å². The van der Waals surface area contributed by atoms with Crippen LogP contribution >= 0.6 is 0 Å². The van der Waals surface area contributed by atoms with E-state index in [0.717, 1.165) is 59.4 Å². The van der Waals surface area contributed by atoms with Gasteiger partial charge in [-0.2, -0.15) is 0 Å². The molecule has 0 atom stereocenters. The molecule has 2 aromatic carbocycles. The second-order valence-corrected chi connectivity index (χ2v) is 8.84. The molecule has 0 aromatic heterocycles. The molecule has 0 bridgehead atoms. The minimum Gasteiger partial charge on any atom is -0.496 e. The Balaban J connectivity index is 1.80. The molecule has 0 heterocycles. The first kappa shape index (κ1) is 21.0. The molecular weight excluding hydrogens is 372 g/mol. The molecule has 160 valence electrons. The SMILES string of the molecule is COc1cccc(C(=O)c2cccc(OC)c2C2CCCCC2)c1C1CCCCC1. The van der Waals surface area contributed by atoms with Crippen LogP contribution in [0.1, 0.15) is 103 Å². The van der Waals surface area contributed by atoms with Gasteiger partial charge < -0.3 is 9.47 Å². The third-order valence-electron chi connectivity index (χ3n) is 7.09. The van der Waals surface area contributed by atoms with Crippen LogP contribution in [0.4, 0.5) is 0 Å². The topological polar surface area (TPSA) is 35.5 Å². The zero-order valence-electron chi connectivity index (χ0n) is 18.4. The molecule has 4 rings (SSSR count). The number of benzene rings is 2. The van der Waals surface area contributed by atoms with E-state index in [9.17, 15) is 4.79 Å². The lowest BCUT2D eigenvalue weighted by molar-refractivity contribution is 0.103. The average molecular weight is 407 g/mol. The minimum absolute atomic E-state index is 0.119. The number of carbonyl (C=O) groups is 1.